The standard InChI is InChI=1S/C32H52N2O23/c1-5-49-23-17(41)19(43)31(56-25(23)27(45)46)54-22-14(34-10(4)38)30(52-12(8-36)16(22)40)55-24-18(42)20(44)32(57-26(24)28(47)48)53-21-13(33-9(3)37)29(50-6-2)51-11(7-35)15(21)39/h11-26,29-32,35-36,39-44H,5-8H2,1-4H3,(H,33,37)(H,34,38)(H,45,46)(H,47,48)/t11?,12?,13?,14?,15-,16-,17-,18-,19?,20?,21-,22-,23+,24+,25?,26?,29-,30+,31-,32-/m1/s1. The first-order chi connectivity index (χ1) is 26.9. The van der Waals surface area contributed by atoms with Crippen molar-refractivity contribution in [2.45, 2.75) is 150 Å². The van der Waals surface area contributed by atoms with E-state index in [4.69, 9.17) is 42.6 Å². The second-order valence-corrected chi connectivity index (χ2v) is 13.6. The molecule has 12 N–H and O–H groups in total. The van der Waals surface area contributed by atoms with Crippen LogP contribution in [0.1, 0.15) is 27.7 Å². The van der Waals surface area contributed by atoms with Crippen LogP contribution >= 0.6 is 0 Å². The van der Waals surface area contributed by atoms with E-state index in [0.717, 1.165) is 13.8 Å². The van der Waals surface area contributed by atoms with Crippen molar-refractivity contribution in [3.8, 4) is 0 Å². The highest BCUT2D eigenvalue weighted by Gasteiger charge is 2.57. The number of rotatable bonds is 16. The third kappa shape index (κ3) is 10.5. The maximum Gasteiger partial charge on any atom is 0.335 e. The molecule has 0 aromatic heterocycles. The van der Waals surface area contributed by atoms with Gasteiger partial charge in [0, 0.05) is 27.1 Å². The second-order valence-electron chi connectivity index (χ2n) is 13.6. The van der Waals surface area contributed by atoms with Gasteiger partial charge < -0.3 is 104 Å². The lowest BCUT2D eigenvalue weighted by molar-refractivity contribution is -0.370. The molecule has 25 heteroatoms. The van der Waals surface area contributed by atoms with E-state index in [0.29, 0.717) is 0 Å². The van der Waals surface area contributed by atoms with Gasteiger partial charge in [0.15, 0.2) is 37.4 Å². The first-order valence-corrected chi connectivity index (χ1v) is 18.0. The summed E-state index contributed by atoms with van der Waals surface area (Å²) in [5.74, 6) is -4.94. The third-order valence-electron chi connectivity index (χ3n) is 9.59. The minimum Gasteiger partial charge on any atom is -0.479 e. The average Bonchev–Trinajstić information content (AvgIpc) is 3.14. The van der Waals surface area contributed by atoms with E-state index in [1.54, 1.807) is 6.92 Å². The minimum atomic E-state index is -2.26. The number of hydrogen-bond acceptors (Lipinski definition) is 21. The highest BCUT2D eigenvalue weighted by atomic mass is 16.8. The zero-order valence-corrected chi connectivity index (χ0v) is 31.2. The molecular formula is C32H52N2O23. The molecule has 4 fully saturated rings. The van der Waals surface area contributed by atoms with E-state index in [2.05, 4.69) is 10.6 Å². The number of carbonyl (C=O) groups excluding carboxylic acids is 2. The van der Waals surface area contributed by atoms with Gasteiger partial charge in [-0.05, 0) is 13.8 Å². The Morgan fingerprint density at radius 3 is 1.30 bits per heavy atom. The number of carboxylic acids is 2. The van der Waals surface area contributed by atoms with Crippen molar-refractivity contribution in [1.29, 1.82) is 0 Å². The minimum absolute atomic E-state index is 0.0271. The van der Waals surface area contributed by atoms with Gasteiger partial charge in [0.25, 0.3) is 0 Å². The Kier molecular flexibility index (Phi) is 16.8. The molecule has 8 unspecified atom stereocenters. The Bertz CT molecular complexity index is 1360. The van der Waals surface area contributed by atoms with Crippen LogP contribution in [-0.2, 0) is 61.8 Å². The molecule has 4 aliphatic heterocycles. The molecule has 4 aliphatic rings. The molecule has 4 rings (SSSR count). The molecule has 0 spiro atoms. The lowest BCUT2D eigenvalue weighted by Crippen LogP contribution is -2.70. The van der Waals surface area contributed by atoms with Crippen LogP contribution in [0.2, 0.25) is 0 Å². The predicted molar refractivity (Wildman–Crippen MR) is 177 cm³/mol. The lowest BCUT2D eigenvalue weighted by atomic mass is 9.94. The van der Waals surface area contributed by atoms with E-state index < -0.39 is 160 Å². The van der Waals surface area contributed by atoms with Gasteiger partial charge in [-0.2, -0.15) is 0 Å². The van der Waals surface area contributed by atoms with Crippen molar-refractivity contribution in [1.82, 2.24) is 10.6 Å². The summed E-state index contributed by atoms with van der Waals surface area (Å²) in [6.45, 7) is 3.39. The summed E-state index contributed by atoms with van der Waals surface area (Å²) in [5.41, 5.74) is 0. The highest BCUT2D eigenvalue weighted by molar-refractivity contribution is 5.74. The maximum atomic E-state index is 12.6. The quantitative estimate of drug-likeness (QED) is 0.0687. The van der Waals surface area contributed by atoms with Crippen molar-refractivity contribution >= 4 is 23.8 Å². The fourth-order valence-electron chi connectivity index (χ4n) is 6.95. The summed E-state index contributed by atoms with van der Waals surface area (Å²) in [4.78, 5) is 49.1. The van der Waals surface area contributed by atoms with Crippen molar-refractivity contribution in [2.24, 2.45) is 0 Å². The largest absolute Gasteiger partial charge is 0.479 e. The zero-order valence-electron chi connectivity index (χ0n) is 31.2. The van der Waals surface area contributed by atoms with E-state index >= 15 is 0 Å². The number of carbonyl (C=O) groups is 4. The summed E-state index contributed by atoms with van der Waals surface area (Å²) in [6, 6.07) is -3.09. The molecular weight excluding hydrogens is 780 g/mol. The van der Waals surface area contributed by atoms with Crippen LogP contribution in [0.15, 0.2) is 0 Å². The first kappa shape index (κ1) is 46.9. The Morgan fingerprint density at radius 1 is 0.509 bits per heavy atom. The number of aliphatic carboxylic acids is 2. The van der Waals surface area contributed by atoms with Gasteiger partial charge in [-0.3, -0.25) is 9.59 Å². The SMILES string of the molecule is CCO[C@@H]1OC(CO)[C@@H](O)[C@H](O[C@@H]2OC(C(=O)O)[C@@H](O[C@@H]3OC(CO)[C@@H](O)[C@H](O[C@@H]4OC(C(=O)O)[C@@H](OCC)[C@H](O)C4O)C3NC(C)=O)[C@H](O)C2O)C1NC(C)=O. The molecule has 4 heterocycles. The van der Waals surface area contributed by atoms with Crippen molar-refractivity contribution in [3.05, 3.63) is 0 Å². The van der Waals surface area contributed by atoms with Crippen molar-refractivity contribution in [2.75, 3.05) is 26.4 Å². The van der Waals surface area contributed by atoms with Gasteiger partial charge in [-0.1, -0.05) is 0 Å². The molecule has 0 radical (unpaired) electrons. The number of hydrogen-bond donors (Lipinski definition) is 12. The van der Waals surface area contributed by atoms with Crippen LogP contribution < -0.4 is 10.6 Å². The average molecular weight is 833 g/mol. The predicted octanol–water partition coefficient (Wildman–Crippen LogP) is -7.19. The Labute approximate surface area is 324 Å². The fraction of sp³-hybridized carbons (Fsp3) is 0.875. The zero-order chi connectivity index (χ0) is 42.5. The smallest absolute Gasteiger partial charge is 0.335 e. The number of aliphatic hydroxyl groups excluding tert-OH is 8. The third-order valence-corrected chi connectivity index (χ3v) is 9.59. The topological polar surface area (TPSA) is 378 Å². The number of nitrogens with one attached hydrogen (secondary N) is 2. The van der Waals surface area contributed by atoms with Crippen molar-refractivity contribution in [3.63, 3.8) is 0 Å². The number of carboxylic acid groups (broad SMARTS) is 2. The Morgan fingerprint density at radius 2 is 0.895 bits per heavy atom. The monoisotopic (exact) mass is 832 g/mol. The van der Waals surface area contributed by atoms with Crippen LogP contribution in [0.25, 0.3) is 0 Å². The molecule has 4 saturated heterocycles. The summed E-state index contributed by atoms with van der Waals surface area (Å²) >= 11 is 0. The van der Waals surface area contributed by atoms with Gasteiger partial charge in [-0.25, -0.2) is 9.59 Å². The first-order valence-electron chi connectivity index (χ1n) is 18.0. The molecule has 0 aromatic rings. The Hall–Kier alpha value is -2.80. The van der Waals surface area contributed by atoms with Crippen LogP contribution in [-0.4, -0.2) is 224 Å². The highest BCUT2D eigenvalue weighted by Crippen LogP contribution is 2.35. The summed E-state index contributed by atoms with van der Waals surface area (Å²) in [5, 5.41) is 111. The second kappa shape index (κ2) is 20.4. The van der Waals surface area contributed by atoms with Gasteiger partial charge in [0.2, 0.25) is 11.8 Å². The lowest BCUT2D eigenvalue weighted by Gasteiger charge is -2.50. The van der Waals surface area contributed by atoms with E-state index in [-0.39, 0.29) is 13.2 Å². The number of aliphatic hydroxyl groups is 8. The summed E-state index contributed by atoms with van der Waals surface area (Å²) in [7, 11) is 0. The molecule has 328 valence electrons. The Balaban J connectivity index is 1.63. The van der Waals surface area contributed by atoms with Crippen LogP contribution in [0.5, 0.6) is 0 Å². The van der Waals surface area contributed by atoms with Gasteiger partial charge >= 0.3 is 11.9 Å². The van der Waals surface area contributed by atoms with E-state index in [9.17, 15) is 70.2 Å². The normalized spacial score (nSPS) is 43.9. The maximum absolute atomic E-state index is 12.6. The molecule has 57 heavy (non-hydrogen) atoms. The molecule has 0 aromatic carbocycles. The molecule has 2 amide bonds. The molecule has 0 aliphatic carbocycles. The molecule has 20 atom stereocenters. The molecule has 0 saturated carbocycles. The number of ether oxygens (including phenoxy) is 9. The van der Waals surface area contributed by atoms with E-state index in [1.165, 1.54) is 6.92 Å². The van der Waals surface area contributed by atoms with Crippen molar-refractivity contribution < 1.29 is 113 Å². The van der Waals surface area contributed by atoms with Gasteiger partial charge in [-0.15, -0.1) is 0 Å². The number of amides is 2. The van der Waals surface area contributed by atoms with Crippen LogP contribution in [0.4, 0.5) is 0 Å². The summed E-state index contributed by atoms with van der Waals surface area (Å²) in [6.07, 6.45) is -33.9. The molecule has 0 bridgehead atoms. The van der Waals surface area contributed by atoms with E-state index in [1.807, 2.05) is 0 Å². The van der Waals surface area contributed by atoms with Gasteiger partial charge in [0.1, 0.15) is 85.3 Å². The fourth-order valence-corrected chi connectivity index (χ4v) is 6.95. The van der Waals surface area contributed by atoms with Crippen LogP contribution in [0, 0.1) is 0 Å². The van der Waals surface area contributed by atoms with Gasteiger partial charge in [0.05, 0.1) is 13.2 Å². The summed E-state index contributed by atoms with van der Waals surface area (Å²) < 4.78 is 50.2. The van der Waals surface area contributed by atoms with Crippen LogP contribution in [0.3, 0.4) is 0 Å². The molecule has 25 nitrogen and oxygen atoms in total.